The number of ether oxygens (including phenoxy) is 1. The number of aliphatic imine (C=N–C) groups is 1. The van der Waals surface area contributed by atoms with Crippen molar-refractivity contribution < 1.29 is 4.74 Å². The normalized spacial score (nSPS) is 9.29. The van der Waals surface area contributed by atoms with Crippen LogP contribution >= 0.6 is 0 Å². The smallest absolute Gasteiger partial charge is 0.173 e. The molecule has 0 fully saturated rings. The zero-order valence-corrected chi connectivity index (χ0v) is 4.42. The largest absolute Gasteiger partial charge is 0.483 e. The lowest BCUT2D eigenvalue weighted by Crippen LogP contribution is -1.82. The van der Waals surface area contributed by atoms with Crippen LogP contribution in [0.5, 0.6) is 0 Å². The predicted octanol–water partition coefficient (Wildman–Crippen LogP) is 1.19. The highest BCUT2D eigenvalue weighted by Crippen LogP contribution is 1.66. The Morgan fingerprint density at radius 3 is 3.00 bits per heavy atom. The Bertz CT molecular complexity index is 68.5. The van der Waals surface area contributed by atoms with Gasteiger partial charge in [-0.2, -0.15) is 0 Å². The molecule has 0 heterocycles. The lowest BCUT2D eigenvalue weighted by Gasteiger charge is -1.85. The molecule has 2 nitrogen and oxygen atoms in total. The highest BCUT2D eigenvalue weighted by Gasteiger charge is 1.62. The number of rotatable bonds is 3. The lowest BCUT2D eigenvalue weighted by molar-refractivity contribution is 0.344. The quantitative estimate of drug-likeness (QED) is 0.384. The van der Waals surface area contributed by atoms with Crippen molar-refractivity contribution in [3.63, 3.8) is 0 Å². The Hall–Kier alpha value is -0.790. The first-order valence-corrected chi connectivity index (χ1v) is 2.16. The Morgan fingerprint density at radius 1 is 1.86 bits per heavy atom. The van der Waals surface area contributed by atoms with Gasteiger partial charge in [0.15, 0.2) is 6.40 Å². The molecule has 0 atom stereocenters. The fourth-order valence-corrected chi connectivity index (χ4v) is 0.161. The van der Waals surface area contributed by atoms with Crippen LogP contribution in [0.4, 0.5) is 0 Å². The van der Waals surface area contributed by atoms with E-state index in [0.29, 0.717) is 6.61 Å². The van der Waals surface area contributed by atoms with Gasteiger partial charge in [-0.1, -0.05) is 6.58 Å². The van der Waals surface area contributed by atoms with Gasteiger partial charge in [-0.15, -0.1) is 0 Å². The van der Waals surface area contributed by atoms with Crippen LogP contribution in [0.25, 0.3) is 0 Å². The molecule has 0 aliphatic carbocycles. The third kappa shape index (κ3) is 5.21. The second-order valence-corrected chi connectivity index (χ2v) is 0.892. The molecule has 7 heavy (non-hydrogen) atoms. The van der Waals surface area contributed by atoms with Gasteiger partial charge in [0.25, 0.3) is 0 Å². The monoisotopic (exact) mass is 99.1 g/mol. The van der Waals surface area contributed by atoms with Crippen LogP contribution in [-0.2, 0) is 4.74 Å². The number of hydrogen-bond acceptors (Lipinski definition) is 2. The maximum absolute atomic E-state index is 4.71. The molecule has 40 valence electrons. The molecule has 0 aromatic heterocycles. The van der Waals surface area contributed by atoms with Gasteiger partial charge < -0.3 is 4.74 Å². The molecule has 0 amide bonds. The highest BCUT2D eigenvalue weighted by atomic mass is 16.5. The second-order valence-electron chi connectivity index (χ2n) is 0.892. The minimum atomic E-state index is 0.664. The van der Waals surface area contributed by atoms with Crippen LogP contribution in [0.3, 0.4) is 0 Å². The van der Waals surface area contributed by atoms with E-state index in [2.05, 4.69) is 11.6 Å². The molecular weight excluding hydrogens is 90.1 g/mol. The van der Waals surface area contributed by atoms with E-state index in [4.69, 9.17) is 4.74 Å². The molecule has 0 aliphatic rings. The first-order chi connectivity index (χ1) is 3.41. The molecule has 0 unspecified atom stereocenters. The summed E-state index contributed by atoms with van der Waals surface area (Å²) in [5.74, 6) is 0. The second kappa shape index (κ2) is 5.21. The Labute approximate surface area is 43.5 Å². The maximum atomic E-state index is 4.71. The van der Waals surface area contributed by atoms with E-state index in [9.17, 15) is 0 Å². The van der Waals surface area contributed by atoms with E-state index < -0.39 is 0 Å². The third-order valence-electron chi connectivity index (χ3n) is 0.407. The molecule has 0 spiro atoms. The first kappa shape index (κ1) is 6.21. The molecule has 0 saturated carbocycles. The summed E-state index contributed by atoms with van der Waals surface area (Å²) < 4.78 is 4.71. The molecule has 0 radical (unpaired) electrons. The summed E-state index contributed by atoms with van der Waals surface area (Å²) in [5.41, 5.74) is 0. The van der Waals surface area contributed by atoms with Gasteiger partial charge >= 0.3 is 0 Å². The molecule has 2 heteroatoms. The molecular formula is C5H9NO. The van der Waals surface area contributed by atoms with E-state index in [-0.39, 0.29) is 0 Å². The maximum Gasteiger partial charge on any atom is 0.173 e. The Morgan fingerprint density at radius 2 is 2.57 bits per heavy atom. The van der Waals surface area contributed by atoms with E-state index in [1.54, 1.807) is 0 Å². The third-order valence-corrected chi connectivity index (χ3v) is 0.407. The summed E-state index contributed by atoms with van der Waals surface area (Å²) in [6.07, 6.45) is 2.79. The van der Waals surface area contributed by atoms with Crippen molar-refractivity contribution in [3.8, 4) is 0 Å². The summed E-state index contributed by atoms with van der Waals surface area (Å²) >= 11 is 0. The molecule has 0 aromatic carbocycles. The van der Waals surface area contributed by atoms with Gasteiger partial charge in [0, 0.05) is 6.20 Å². The predicted molar refractivity (Wildman–Crippen MR) is 30.3 cm³/mol. The highest BCUT2D eigenvalue weighted by molar-refractivity contribution is 5.47. The molecule has 0 bridgehead atoms. The van der Waals surface area contributed by atoms with Crippen LogP contribution in [0.1, 0.15) is 6.92 Å². The zero-order valence-electron chi connectivity index (χ0n) is 4.42. The summed E-state index contributed by atoms with van der Waals surface area (Å²) in [6, 6.07) is 0. The SMILES string of the molecule is C=CN=COCC. The minimum Gasteiger partial charge on any atom is -0.483 e. The summed E-state index contributed by atoms with van der Waals surface area (Å²) in [5, 5.41) is 0. The summed E-state index contributed by atoms with van der Waals surface area (Å²) in [4.78, 5) is 3.58. The van der Waals surface area contributed by atoms with Crippen molar-refractivity contribution in [1.29, 1.82) is 0 Å². The van der Waals surface area contributed by atoms with Crippen LogP contribution < -0.4 is 0 Å². The van der Waals surface area contributed by atoms with Crippen LogP contribution in [-0.4, -0.2) is 13.0 Å². The van der Waals surface area contributed by atoms with E-state index in [0.717, 1.165) is 0 Å². The van der Waals surface area contributed by atoms with Crippen molar-refractivity contribution in [1.82, 2.24) is 0 Å². The topological polar surface area (TPSA) is 21.6 Å². The van der Waals surface area contributed by atoms with Crippen molar-refractivity contribution in [2.75, 3.05) is 6.61 Å². The molecule has 0 aromatic rings. The van der Waals surface area contributed by atoms with Gasteiger partial charge in [-0.3, -0.25) is 0 Å². The first-order valence-electron chi connectivity index (χ1n) is 2.16. The van der Waals surface area contributed by atoms with Crippen LogP contribution in [0, 0.1) is 0 Å². The van der Waals surface area contributed by atoms with Crippen LogP contribution in [0.2, 0.25) is 0 Å². The van der Waals surface area contributed by atoms with E-state index in [1.807, 2.05) is 6.92 Å². The minimum absolute atomic E-state index is 0.664. The van der Waals surface area contributed by atoms with Crippen LogP contribution in [0.15, 0.2) is 17.8 Å². The zero-order chi connectivity index (χ0) is 5.54. The number of hydrogen-bond donors (Lipinski definition) is 0. The summed E-state index contributed by atoms with van der Waals surface area (Å²) in [7, 11) is 0. The van der Waals surface area contributed by atoms with Gasteiger partial charge in [-0.05, 0) is 6.92 Å². The molecule has 0 aliphatic heterocycles. The van der Waals surface area contributed by atoms with E-state index >= 15 is 0 Å². The van der Waals surface area contributed by atoms with Gasteiger partial charge in [0.05, 0.1) is 6.61 Å². The standard InChI is InChI=1S/C5H9NO/c1-3-6-5-7-4-2/h3,5H,1,4H2,2H3. The average molecular weight is 99.1 g/mol. The fourth-order valence-electron chi connectivity index (χ4n) is 0.161. The van der Waals surface area contributed by atoms with E-state index in [1.165, 1.54) is 12.6 Å². The Balaban J connectivity index is 2.92. The van der Waals surface area contributed by atoms with Crippen molar-refractivity contribution in [2.45, 2.75) is 6.92 Å². The lowest BCUT2D eigenvalue weighted by atomic mass is 10.9. The van der Waals surface area contributed by atoms with Gasteiger partial charge in [0.2, 0.25) is 0 Å². The van der Waals surface area contributed by atoms with Crippen molar-refractivity contribution >= 4 is 6.40 Å². The molecule has 0 N–H and O–H groups in total. The number of nitrogens with zero attached hydrogens (tertiary/aromatic N) is 1. The van der Waals surface area contributed by atoms with Gasteiger partial charge in [-0.25, -0.2) is 4.99 Å². The molecule has 0 saturated heterocycles. The van der Waals surface area contributed by atoms with Gasteiger partial charge in [0.1, 0.15) is 0 Å². The average Bonchev–Trinajstić information content (AvgIpc) is 1.69. The molecule has 0 rings (SSSR count). The summed E-state index contributed by atoms with van der Waals surface area (Å²) in [6.45, 7) is 5.92. The fraction of sp³-hybridized carbons (Fsp3) is 0.400. The van der Waals surface area contributed by atoms with Crippen molar-refractivity contribution in [2.24, 2.45) is 4.99 Å². The van der Waals surface area contributed by atoms with Crippen molar-refractivity contribution in [3.05, 3.63) is 12.8 Å². The Kier molecular flexibility index (Phi) is 4.62.